The molecule has 24 heavy (non-hydrogen) atoms. The summed E-state index contributed by atoms with van der Waals surface area (Å²) in [6.07, 6.45) is 5.39. The largest absolute Gasteiger partial charge is 0.357 e. The summed E-state index contributed by atoms with van der Waals surface area (Å²) in [7, 11) is 0. The van der Waals surface area contributed by atoms with Gasteiger partial charge in [-0.2, -0.15) is 4.98 Å². The molecule has 2 saturated heterocycles. The molecule has 2 fully saturated rings. The Balaban J connectivity index is 1.53. The average Bonchev–Trinajstić information content (AvgIpc) is 3.22. The number of aliphatic imine (C=N–C) groups is 1. The molecule has 1 aromatic heterocycles. The highest BCUT2D eigenvalue weighted by molar-refractivity contribution is 5.80. The van der Waals surface area contributed by atoms with Gasteiger partial charge >= 0.3 is 0 Å². The van der Waals surface area contributed by atoms with Crippen LogP contribution in [0.1, 0.15) is 44.3 Å². The summed E-state index contributed by atoms with van der Waals surface area (Å²) in [6.45, 7) is 11.2. The van der Waals surface area contributed by atoms with Crippen LogP contribution >= 0.6 is 0 Å². The molecule has 1 N–H and O–H groups in total. The number of nitrogens with one attached hydrogen (secondary N) is 1. The van der Waals surface area contributed by atoms with E-state index in [4.69, 9.17) is 9.52 Å². The molecule has 0 spiro atoms. The van der Waals surface area contributed by atoms with Gasteiger partial charge in [-0.3, -0.25) is 0 Å². The van der Waals surface area contributed by atoms with E-state index in [0.717, 1.165) is 31.5 Å². The van der Waals surface area contributed by atoms with Crippen molar-refractivity contribution in [2.75, 3.05) is 39.3 Å². The van der Waals surface area contributed by atoms with Crippen LogP contribution in [0.15, 0.2) is 9.52 Å². The summed E-state index contributed by atoms with van der Waals surface area (Å²) >= 11 is 0. The first-order valence-electron chi connectivity index (χ1n) is 9.29. The SMILES string of the molecule is CCNC(=NCc1noc(C)n1)N1CCC(CN2CCCCC2)C1. The normalized spacial score (nSPS) is 23.0. The topological polar surface area (TPSA) is 69.8 Å². The molecule has 3 rings (SSSR count). The molecule has 2 aliphatic rings. The van der Waals surface area contributed by atoms with E-state index in [2.05, 4.69) is 32.2 Å². The predicted molar refractivity (Wildman–Crippen MR) is 93.8 cm³/mol. The van der Waals surface area contributed by atoms with Crippen molar-refractivity contribution in [1.82, 2.24) is 25.3 Å². The van der Waals surface area contributed by atoms with Crippen molar-refractivity contribution in [1.29, 1.82) is 0 Å². The van der Waals surface area contributed by atoms with Gasteiger partial charge in [-0.25, -0.2) is 4.99 Å². The lowest BCUT2D eigenvalue weighted by Crippen LogP contribution is -2.41. The lowest BCUT2D eigenvalue weighted by atomic mass is 10.1. The molecule has 0 bridgehead atoms. The molecular weight excluding hydrogens is 304 g/mol. The molecule has 3 heterocycles. The predicted octanol–water partition coefficient (Wildman–Crippen LogP) is 1.65. The Morgan fingerprint density at radius 2 is 2.12 bits per heavy atom. The molecule has 0 saturated carbocycles. The second-order valence-electron chi connectivity index (χ2n) is 6.86. The quantitative estimate of drug-likeness (QED) is 0.652. The van der Waals surface area contributed by atoms with Crippen LogP contribution < -0.4 is 5.32 Å². The molecule has 134 valence electrons. The van der Waals surface area contributed by atoms with Gasteiger partial charge in [-0.05, 0) is 45.2 Å². The second-order valence-corrected chi connectivity index (χ2v) is 6.86. The van der Waals surface area contributed by atoms with E-state index in [1.54, 1.807) is 6.92 Å². The summed E-state index contributed by atoms with van der Waals surface area (Å²) in [5, 5.41) is 7.32. The maximum absolute atomic E-state index is 5.01. The van der Waals surface area contributed by atoms with E-state index in [9.17, 15) is 0 Å². The Bertz CT molecular complexity index is 537. The number of aromatic nitrogens is 2. The van der Waals surface area contributed by atoms with Crippen molar-refractivity contribution in [3.05, 3.63) is 11.7 Å². The summed E-state index contributed by atoms with van der Waals surface area (Å²) in [6, 6.07) is 0. The number of hydrogen-bond donors (Lipinski definition) is 1. The van der Waals surface area contributed by atoms with Gasteiger partial charge in [0.05, 0.1) is 0 Å². The smallest absolute Gasteiger partial charge is 0.223 e. The zero-order chi connectivity index (χ0) is 16.8. The van der Waals surface area contributed by atoms with Crippen molar-refractivity contribution >= 4 is 5.96 Å². The van der Waals surface area contributed by atoms with Crippen molar-refractivity contribution in [2.24, 2.45) is 10.9 Å². The van der Waals surface area contributed by atoms with Crippen LogP contribution in [0.3, 0.4) is 0 Å². The van der Waals surface area contributed by atoms with Crippen molar-refractivity contribution < 1.29 is 4.52 Å². The van der Waals surface area contributed by atoms with E-state index in [1.807, 2.05) is 0 Å². The molecule has 0 amide bonds. The van der Waals surface area contributed by atoms with Crippen LogP contribution in [-0.2, 0) is 6.54 Å². The van der Waals surface area contributed by atoms with E-state index < -0.39 is 0 Å². The summed E-state index contributed by atoms with van der Waals surface area (Å²) in [4.78, 5) is 13.9. The number of nitrogens with zero attached hydrogens (tertiary/aromatic N) is 5. The Kier molecular flexibility index (Phi) is 6.07. The minimum absolute atomic E-state index is 0.465. The first-order chi connectivity index (χ1) is 11.7. The Morgan fingerprint density at radius 3 is 2.83 bits per heavy atom. The Labute approximate surface area is 144 Å². The molecule has 2 aliphatic heterocycles. The van der Waals surface area contributed by atoms with Gasteiger partial charge in [0.1, 0.15) is 6.54 Å². The van der Waals surface area contributed by atoms with Crippen molar-refractivity contribution in [3.8, 4) is 0 Å². The summed E-state index contributed by atoms with van der Waals surface area (Å²) in [5.41, 5.74) is 0. The number of aryl methyl sites for hydroxylation is 1. The fourth-order valence-electron chi connectivity index (χ4n) is 3.66. The minimum atomic E-state index is 0.465. The molecule has 0 aliphatic carbocycles. The second kappa shape index (κ2) is 8.46. The van der Waals surface area contributed by atoms with E-state index in [-0.39, 0.29) is 0 Å². The standard InChI is InChI=1S/C17H30N6O/c1-3-18-17(19-11-16-20-14(2)24-21-16)23-10-7-15(13-23)12-22-8-5-4-6-9-22/h15H,3-13H2,1-2H3,(H,18,19). The average molecular weight is 334 g/mol. The molecule has 7 heteroatoms. The van der Waals surface area contributed by atoms with Crippen LogP contribution in [0.25, 0.3) is 0 Å². The van der Waals surface area contributed by atoms with Crippen LogP contribution in [0.2, 0.25) is 0 Å². The first kappa shape index (κ1) is 17.2. The van der Waals surface area contributed by atoms with E-state index in [0.29, 0.717) is 18.3 Å². The maximum Gasteiger partial charge on any atom is 0.223 e. The Morgan fingerprint density at radius 1 is 1.29 bits per heavy atom. The van der Waals surface area contributed by atoms with Crippen LogP contribution in [0, 0.1) is 12.8 Å². The molecule has 0 aromatic carbocycles. The number of hydrogen-bond acceptors (Lipinski definition) is 5. The third kappa shape index (κ3) is 4.69. The van der Waals surface area contributed by atoms with Gasteiger partial charge in [0.25, 0.3) is 0 Å². The van der Waals surface area contributed by atoms with Crippen LogP contribution in [0.5, 0.6) is 0 Å². The van der Waals surface area contributed by atoms with Gasteiger partial charge in [0, 0.05) is 33.1 Å². The van der Waals surface area contributed by atoms with Crippen molar-refractivity contribution in [2.45, 2.75) is 46.1 Å². The van der Waals surface area contributed by atoms with E-state index in [1.165, 1.54) is 45.3 Å². The fourth-order valence-corrected chi connectivity index (χ4v) is 3.66. The van der Waals surface area contributed by atoms with Gasteiger partial charge in [0.2, 0.25) is 5.89 Å². The number of rotatable bonds is 5. The van der Waals surface area contributed by atoms with E-state index >= 15 is 0 Å². The van der Waals surface area contributed by atoms with Crippen LogP contribution in [-0.4, -0.2) is 65.2 Å². The van der Waals surface area contributed by atoms with Gasteiger partial charge in [-0.15, -0.1) is 0 Å². The van der Waals surface area contributed by atoms with Crippen LogP contribution in [0.4, 0.5) is 0 Å². The summed E-state index contributed by atoms with van der Waals surface area (Å²) < 4.78 is 5.01. The monoisotopic (exact) mass is 334 g/mol. The lowest BCUT2D eigenvalue weighted by molar-refractivity contribution is 0.198. The minimum Gasteiger partial charge on any atom is -0.357 e. The van der Waals surface area contributed by atoms with Crippen molar-refractivity contribution in [3.63, 3.8) is 0 Å². The third-order valence-electron chi connectivity index (χ3n) is 4.83. The third-order valence-corrected chi connectivity index (χ3v) is 4.83. The molecule has 0 radical (unpaired) electrons. The molecule has 1 atom stereocenters. The first-order valence-corrected chi connectivity index (χ1v) is 9.29. The highest BCUT2D eigenvalue weighted by atomic mass is 16.5. The highest BCUT2D eigenvalue weighted by Gasteiger charge is 2.27. The number of guanidine groups is 1. The molecule has 7 nitrogen and oxygen atoms in total. The zero-order valence-electron chi connectivity index (χ0n) is 15.0. The molecular formula is C17H30N6O. The fraction of sp³-hybridized carbons (Fsp3) is 0.824. The number of piperidine rings is 1. The van der Waals surface area contributed by atoms with Gasteiger partial charge < -0.3 is 19.6 Å². The lowest BCUT2D eigenvalue weighted by Gasteiger charge is -2.29. The summed E-state index contributed by atoms with van der Waals surface area (Å²) in [5.74, 6) is 2.96. The highest BCUT2D eigenvalue weighted by Crippen LogP contribution is 2.20. The zero-order valence-corrected chi connectivity index (χ0v) is 15.0. The van der Waals surface area contributed by atoms with Gasteiger partial charge in [-0.1, -0.05) is 11.6 Å². The molecule has 1 aromatic rings. The Hall–Kier alpha value is -1.63. The molecule has 1 unspecified atom stereocenters. The maximum atomic E-state index is 5.01. The number of likely N-dealkylation sites (tertiary alicyclic amines) is 2. The van der Waals surface area contributed by atoms with Gasteiger partial charge in [0.15, 0.2) is 11.8 Å².